The van der Waals surface area contributed by atoms with E-state index in [-0.39, 0.29) is 6.42 Å². The van der Waals surface area contributed by atoms with Crippen LogP contribution >= 0.6 is 7.82 Å². The minimum atomic E-state index is -4.81. The Kier molecular flexibility index (Phi) is 16.8. The van der Waals surface area contributed by atoms with Gasteiger partial charge in [0.2, 0.25) is 0 Å². The van der Waals surface area contributed by atoms with Crippen molar-refractivity contribution in [1.82, 2.24) is 0 Å². The molecule has 0 fully saturated rings. The highest BCUT2D eigenvalue weighted by atomic mass is 31.2. The van der Waals surface area contributed by atoms with Gasteiger partial charge in [-0.2, -0.15) is 0 Å². The molecule has 0 aromatic rings. The summed E-state index contributed by atoms with van der Waals surface area (Å²) in [5.74, 6) is -0.661. The lowest BCUT2D eigenvalue weighted by Gasteiger charge is -2.24. The van der Waals surface area contributed by atoms with Crippen molar-refractivity contribution in [2.24, 2.45) is 0 Å². The number of allylic oxidation sites excluding steroid dienone is 2. The standard InChI is InChI=1S/C21H41O7P/c1-2-3-4-5-6-7-8-9-10-11-12-13-14-15-16-17-20(23)21(24,18-22)19-28-29(25,26)27/h9-10,22,24H,2-8,11-19H2,1H3,(H2,25,26,27)/b10-9-. The number of unbranched alkanes of at least 4 members (excludes halogenated alkanes) is 11. The number of carbonyl (C=O) groups excluding carboxylic acids is 1. The molecule has 0 saturated carbocycles. The van der Waals surface area contributed by atoms with Gasteiger partial charge in [0.15, 0.2) is 11.4 Å². The van der Waals surface area contributed by atoms with Gasteiger partial charge in [0.05, 0.1) is 13.2 Å². The number of rotatable bonds is 20. The van der Waals surface area contributed by atoms with Crippen molar-refractivity contribution in [2.45, 2.75) is 102 Å². The second-order valence-electron chi connectivity index (χ2n) is 7.71. The predicted molar refractivity (Wildman–Crippen MR) is 114 cm³/mol. The zero-order chi connectivity index (χ0) is 22.0. The minimum absolute atomic E-state index is 0.0414. The van der Waals surface area contributed by atoms with E-state index in [1.54, 1.807) is 0 Å². The summed E-state index contributed by atoms with van der Waals surface area (Å²) in [6.07, 6.45) is 19.3. The fraction of sp³-hybridized carbons (Fsp3) is 0.857. The molecule has 8 heteroatoms. The van der Waals surface area contributed by atoms with Gasteiger partial charge in [-0.15, -0.1) is 0 Å². The molecule has 0 aromatic carbocycles. The van der Waals surface area contributed by atoms with E-state index in [0.29, 0.717) is 6.42 Å². The Hall–Kier alpha value is -0.560. The quantitative estimate of drug-likeness (QED) is 0.126. The Morgan fingerprint density at radius 3 is 1.86 bits per heavy atom. The summed E-state index contributed by atoms with van der Waals surface area (Å²) in [6, 6.07) is 0. The molecule has 172 valence electrons. The normalized spacial score (nSPS) is 14.4. The second kappa shape index (κ2) is 17.2. The van der Waals surface area contributed by atoms with Crippen LogP contribution in [0.4, 0.5) is 0 Å². The highest BCUT2D eigenvalue weighted by Crippen LogP contribution is 2.37. The molecule has 4 N–H and O–H groups in total. The van der Waals surface area contributed by atoms with Crippen LogP contribution in [-0.2, 0) is 13.9 Å². The Bertz CT molecular complexity index is 489. The van der Waals surface area contributed by atoms with Gasteiger partial charge >= 0.3 is 7.82 Å². The van der Waals surface area contributed by atoms with Gasteiger partial charge in [0, 0.05) is 6.42 Å². The van der Waals surface area contributed by atoms with E-state index in [0.717, 1.165) is 38.5 Å². The molecule has 29 heavy (non-hydrogen) atoms. The average Bonchev–Trinajstić information content (AvgIpc) is 2.68. The summed E-state index contributed by atoms with van der Waals surface area (Å²) in [7, 11) is -4.81. The first-order valence-corrected chi connectivity index (χ1v) is 12.5. The van der Waals surface area contributed by atoms with Crippen LogP contribution in [-0.4, -0.2) is 44.6 Å². The third-order valence-corrected chi connectivity index (χ3v) is 5.38. The van der Waals surface area contributed by atoms with Gasteiger partial charge in [-0.25, -0.2) is 4.57 Å². The third kappa shape index (κ3) is 16.9. The number of phosphoric ester groups is 1. The highest BCUT2D eigenvalue weighted by molar-refractivity contribution is 7.46. The van der Waals surface area contributed by atoms with E-state index in [2.05, 4.69) is 23.6 Å². The van der Waals surface area contributed by atoms with E-state index < -0.39 is 32.4 Å². The minimum Gasteiger partial charge on any atom is -0.393 e. The van der Waals surface area contributed by atoms with E-state index in [4.69, 9.17) is 14.9 Å². The van der Waals surface area contributed by atoms with E-state index in [9.17, 15) is 14.5 Å². The van der Waals surface area contributed by atoms with E-state index in [1.807, 2.05) is 0 Å². The van der Waals surface area contributed by atoms with Crippen LogP contribution in [0, 0.1) is 0 Å². The molecule has 0 heterocycles. The van der Waals surface area contributed by atoms with Crippen LogP contribution in [0.2, 0.25) is 0 Å². The molecule has 0 spiro atoms. The lowest BCUT2D eigenvalue weighted by atomic mass is 9.95. The Morgan fingerprint density at radius 1 is 0.897 bits per heavy atom. The van der Waals surface area contributed by atoms with Crippen LogP contribution in [0.3, 0.4) is 0 Å². The van der Waals surface area contributed by atoms with Crippen molar-refractivity contribution < 1.29 is 33.9 Å². The van der Waals surface area contributed by atoms with Gasteiger partial charge in [0.1, 0.15) is 0 Å². The predicted octanol–water partition coefficient (Wildman–Crippen LogP) is 4.43. The number of hydrogen-bond donors (Lipinski definition) is 4. The maximum Gasteiger partial charge on any atom is 0.469 e. The van der Waals surface area contributed by atoms with Crippen LogP contribution in [0.5, 0.6) is 0 Å². The first kappa shape index (κ1) is 28.4. The molecule has 0 rings (SSSR count). The number of Topliss-reactive ketones (excluding diaryl/α,β-unsaturated/α-hetero) is 1. The van der Waals surface area contributed by atoms with Gasteiger partial charge in [-0.3, -0.25) is 9.32 Å². The molecule has 0 amide bonds. The number of aliphatic hydroxyl groups is 2. The second-order valence-corrected chi connectivity index (χ2v) is 8.95. The molecule has 7 nitrogen and oxygen atoms in total. The first-order valence-electron chi connectivity index (χ1n) is 11.0. The molecule has 0 bridgehead atoms. The molecule has 0 aromatic heterocycles. The largest absolute Gasteiger partial charge is 0.469 e. The Labute approximate surface area is 175 Å². The van der Waals surface area contributed by atoms with Crippen molar-refractivity contribution in [3.8, 4) is 0 Å². The van der Waals surface area contributed by atoms with Crippen LogP contribution in [0.1, 0.15) is 96.8 Å². The third-order valence-electron chi connectivity index (χ3n) is 4.92. The summed E-state index contributed by atoms with van der Waals surface area (Å²) in [4.78, 5) is 29.3. The van der Waals surface area contributed by atoms with Crippen molar-refractivity contribution in [3.63, 3.8) is 0 Å². The molecule has 0 radical (unpaired) electrons. The van der Waals surface area contributed by atoms with E-state index in [1.165, 1.54) is 38.5 Å². The van der Waals surface area contributed by atoms with Crippen molar-refractivity contribution in [2.75, 3.05) is 13.2 Å². The summed E-state index contributed by atoms with van der Waals surface area (Å²) in [5.41, 5.74) is -2.26. The highest BCUT2D eigenvalue weighted by Gasteiger charge is 2.37. The number of phosphoric acid groups is 1. The lowest BCUT2D eigenvalue weighted by molar-refractivity contribution is -0.146. The fourth-order valence-corrected chi connectivity index (χ4v) is 3.38. The summed E-state index contributed by atoms with van der Waals surface area (Å²) < 4.78 is 14.9. The van der Waals surface area contributed by atoms with E-state index >= 15 is 0 Å². The van der Waals surface area contributed by atoms with Crippen molar-refractivity contribution >= 4 is 13.6 Å². The molecular weight excluding hydrogens is 395 g/mol. The van der Waals surface area contributed by atoms with Crippen LogP contribution in [0.15, 0.2) is 12.2 Å². The molecule has 0 aliphatic rings. The van der Waals surface area contributed by atoms with Gasteiger partial charge in [-0.1, -0.05) is 70.4 Å². The topological polar surface area (TPSA) is 124 Å². The number of aliphatic hydroxyl groups excluding tert-OH is 1. The van der Waals surface area contributed by atoms with Crippen LogP contribution < -0.4 is 0 Å². The molecular formula is C21H41O7P. The Morgan fingerprint density at radius 2 is 1.38 bits per heavy atom. The average molecular weight is 437 g/mol. The Balaban J connectivity index is 3.67. The van der Waals surface area contributed by atoms with Crippen LogP contribution in [0.25, 0.3) is 0 Å². The zero-order valence-corrected chi connectivity index (χ0v) is 18.8. The van der Waals surface area contributed by atoms with Crippen molar-refractivity contribution in [1.29, 1.82) is 0 Å². The molecule has 0 aliphatic heterocycles. The first-order chi connectivity index (χ1) is 13.7. The molecule has 1 unspecified atom stereocenters. The maximum absolute atomic E-state index is 12.0. The lowest BCUT2D eigenvalue weighted by Crippen LogP contribution is -2.46. The maximum atomic E-state index is 12.0. The molecule has 0 aliphatic carbocycles. The number of carbonyl (C=O) groups is 1. The van der Waals surface area contributed by atoms with Gasteiger partial charge < -0.3 is 20.0 Å². The summed E-state index contributed by atoms with van der Waals surface area (Å²) in [6.45, 7) is 0.377. The van der Waals surface area contributed by atoms with Crippen molar-refractivity contribution in [3.05, 3.63) is 12.2 Å². The number of ketones is 1. The van der Waals surface area contributed by atoms with Gasteiger partial charge in [0.25, 0.3) is 0 Å². The number of hydrogen-bond acceptors (Lipinski definition) is 5. The summed E-state index contributed by atoms with van der Waals surface area (Å²) >= 11 is 0. The monoisotopic (exact) mass is 436 g/mol. The molecule has 1 atom stereocenters. The smallest absolute Gasteiger partial charge is 0.393 e. The summed E-state index contributed by atoms with van der Waals surface area (Å²) in [5, 5.41) is 19.2. The fourth-order valence-electron chi connectivity index (χ4n) is 2.99. The SMILES string of the molecule is CCCCCCCC/C=C\CCCCCCCC(=O)C(O)(CO)COP(=O)(O)O. The van der Waals surface area contributed by atoms with Gasteiger partial charge in [-0.05, 0) is 32.1 Å². The molecule has 0 saturated heterocycles. The zero-order valence-electron chi connectivity index (χ0n) is 17.9.